The Morgan fingerprint density at radius 3 is 2.90 bits per heavy atom. The summed E-state index contributed by atoms with van der Waals surface area (Å²) in [5, 5.41) is 2.70. The molecule has 3 heterocycles. The second-order valence-electron chi connectivity index (χ2n) is 8.10. The zero-order chi connectivity index (χ0) is 21.2. The number of aromatic nitrogens is 1. The van der Waals surface area contributed by atoms with Gasteiger partial charge in [-0.2, -0.15) is 0 Å². The van der Waals surface area contributed by atoms with Crippen LogP contribution < -0.4 is 10.2 Å². The lowest BCUT2D eigenvalue weighted by molar-refractivity contribution is -0.122. The molecule has 1 N–H and O–H groups in total. The Hall–Kier alpha value is -2.35. The van der Waals surface area contributed by atoms with Crippen molar-refractivity contribution < 1.29 is 19.1 Å². The zero-order valence-corrected chi connectivity index (χ0v) is 17.9. The molecule has 8 heteroatoms. The monoisotopic (exact) mass is 418 g/mol. The van der Waals surface area contributed by atoms with E-state index in [4.69, 9.17) is 9.47 Å². The molecule has 0 bridgehead atoms. The third kappa shape index (κ3) is 6.58. The number of hydrogen-bond donors (Lipinski definition) is 1. The van der Waals surface area contributed by atoms with Gasteiger partial charge in [0, 0.05) is 38.9 Å². The third-order valence-corrected chi connectivity index (χ3v) is 5.87. The van der Waals surface area contributed by atoms with Crippen molar-refractivity contribution >= 4 is 24.0 Å². The highest BCUT2D eigenvalue weighted by atomic mass is 16.5. The molecule has 1 aromatic rings. The highest BCUT2D eigenvalue weighted by molar-refractivity contribution is 5.84. The molecule has 0 aliphatic carbocycles. The van der Waals surface area contributed by atoms with Gasteiger partial charge in [0.1, 0.15) is 5.82 Å². The quantitative estimate of drug-likeness (QED) is 0.620. The fourth-order valence-corrected chi connectivity index (χ4v) is 4.17. The van der Waals surface area contributed by atoms with Crippen LogP contribution in [0.2, 0.25) is 0 Å². The van der Waals surface area contributed by atoms with Crippen molar-refractivity contribution in [2.45, 2.75) is 51.5 Å². The minimum atomic E-state index is -0.450. The van der Waals surface area contributed by atoms with Gasteiger partial charge < -0.3 is 19.3 Å². The van der Waals surface area contributed by atoms with E-state index in [9.17, 15) is 9.59 Å². The van der Waals surface area contributed by atoms with Crippen molar-refractivity contribution in [1.82, 2.24) is 9.88 Å². The average Bonchev–Trinajstić information content (AvgIpc) is 2.79. The number of rotatable bonds is 9. The first-order valence-electron chi connectivity index (χ1n) is 11.1. The maximum absolute atomic E-state index is 11.7. The molecule has 2 fully saturated rings. The maximum atomic E-state index is 11.7. The minimum absolute atomic E-state index is 0.321. The summed E-state index contributed by atoms with van der Waals surface area (Å²) >= 11 is 0. The number of pyridine rings is 1. The number of nitrogens with one attached hydrogen (secondary N) is 1. The van der Waals surface area contributed by atoms with Crippen molar-refractivity contribution in [3.05, 3.63) is 18.3 Å². The first kappa shape index (κ1) is 22.3. The second-order valence-corrected chi connectivity index (χ2v) is 8.10. The van der Waals surface area contributed by atoms with Crippen LogP contribution in [0.5, 0.6) is 0 Å². The van der Waals surface area contributed by atoms with Crippen LogP contribution in [0.3, 0.4) is 0 Å². The summed E-state index contributed by atoms with van der Waals surface area (Å²) in [6.45, 7) is 6.59. The Bertz CT molecular complexity index is 664. The molecule has 2 aliphatic heterocycles. The summed E-state index contributed by atoms with van der Waals surface area (Å²) in [6.07, 6.45) is 8.20. The first-order chi connectivity index (χ1) is 14.7. The third-order valence-electron chi connectivity index (χ3n) is 5.87. The van der Waals surface area contributed by atoms with Crippen LogP contribution in [0.1, 0.15) is 45.4 Å². The number of hydrogen-bond acceptors (Lipinski definition) is 6. The predicted molar refractivity (Wildman–Crippen MR) is 116 cm³/mol. The molecule has 30 heavy (non-hydrogen) atoms. The Morgan fingerprint density at radius 1 is 1.37 bits per heavy atom. The number of anilines is 2. The summed E-state index contributed by atoms with van der Waals surface area (Å²) < 4.78 is 10.4. The molecule has 0 spiro atoms. The molecule has 0 aromatic carbocycles. The maximum Gasteiger partial charge on any atom is 0.411 e. The van der Waals surface area contributed by atoms with Crippen molar-refractivity contribution in [1.29, 1.82) is 0 Å². The lowest BCUT2D eigenvalue weighted by atomic mass is 9.94. The number of carbonyl (C=O) groups excluding carboxylic acids is 2. The summed E-state index contributed by atoms with van der Waals surface area (Å²) in [5.41, 5.74) is 0.631. The van der Waals surface area contributed by atoms with Gasteiger partial charge in [-0.3, -0.25) is 10.1 Å². The van der Waals surface area contributed by atoms with Gasteiger partial charge in [0.2, 0.25) is 6.41 Å². The molecule has 1 atom stereocenters. The van der Waals surface area contributed by atoms with Crippen LogP contribution in [0, 0.1) is 5.92 Å². The normalized spacial score (nSPS) is 19.9. The van der Waals surface area contributed by atoms with Gasteiger partial charge in [0.15, 0.2) is 0 Å². The minimum Gasteiger partial charge on any atom is -0.449 e. The predicted octanol–water partition coefficient (Wildman–Crippen LogP) is 3.28. The van der Waals surface area contributed by atoms with Crippen LogP contribution in [0.15, 0.2) is 18.3 Å². The summed E-state index contributed by atoms with van der Waals surface area (Å²) in [6, 6.07) is 4.12. The van der Waals surface area contributed by atoms with Crippen LogP contribution in [0.25, 0.3) is 0 Å². The van der Waals surface area contributed by atoms with Gasteiger partial charge in [-0.1, -0.05) is 6.92 Å². The zero-order valence-electron chi connectivity index (χ0n) is 17.9. The van der Waals surface area contributed by atoms with Crippen molar-refractivity contribution in [2.75, 3.05) is 49.7 Å². The highest BCUT2D eigenvalue weighted by Gasteiger charge is 2.24. The SMILES string of the molecule is CCCOC(=O)Nc1ccc(N2CCCC(CCN(C=O)C3CCOCC3)C2)nc1. The van der Waals surface area contributed by atoms with Crippen molar-refractivity contribution in [3.8, 4) is 0 Å². The van der Waals surface area contributed by atoms with Gasteiger partial charge in [-0.25, -0.2) is 9.78 Å². The van der Waals surface area contributed by atoms with E-state index in [-0.39, 0.29) is 0 Å². The standard InChI is InChI=1S/C22H34N4O4/c1-2-12-30-22(28)24-19-5-6-21(23-15-19)25-10-3-4-18(16-25)7-11-26(17-27)20-8-13-29-14-9-20/h5-6,15,17-18,20H,2-4,7-14,16H2,1H3,(H,24,28). The van der Waals surface area contributed by atoms with E-state index >= 15 is 0 Å². The molecule has 2 amide bonds. The van der Waals surface area contributed by atoms with E-state index in [1.165, 1.54) is 6.42 Å². The number of carbonyl (C=O) groups is 2. The lowest BCUT2D eigenvalue weighted by Gasteiger charge is -2.36. The molecular weight excluding hydrogens is 384 g/mol. The number of nitrogens with zero attached hydrogens (tertiary/aromatic N) is 3. The van der Waals surface area contributed by atoms with Gasteiger partial charge >= 0.3 is 6.09 Å². The molecule has 1 aromatic heterocycles. The summed E-state index contributed by atoms with van der Waals surface area (Å²) in [7, 11) is 0. The number of piperidine rings is 1. The van der Waals surface area contributed by atoms with E-state index in [0.29, 0.717) is 24.3 Å². The van der Waals surface area contributed by atoms with Crippen molar-refractivity contribution in [3.63, 3.8) is 0 Å². The van der Waals surface area contributed by atoms with Crippen LogP contribution >= 0.6 is 0 Å². The van der Waals surface area contributed by atoms with Gasteiger partial charge in [0.25, 0.3) is 0 Å². The second kappa shape index (κ2) is 11.7. The molecule has 166 valence electrons. The summed E-state index contributed by atoms with van der Waals surface area (Å²) in [4.78, 5) is 32.0. The Morgan fingerprint density at radius 2 is 2.20 bits per heavy atom. The number of amides is 2. The molecule has 2 aliphatic rings. The average molecular weight is 419 g/mol. The molecule has 3 rings (SSSR count). The van der Waals surface area contributed by atoms with E-state index in [2.05, 4.69) is 15.2 Å². The summed E-state index contributed by atoms with van der Waals surface area (Å²) in [5.74, 6) is 1.47. The van der Waals surface area contributed by atoms with E-state index in [1.807, 2.05) is 24.0 Å². The van der Waals surface area contributed by atoms with Gasteiger partial charge in [-0.05, 0) is 56.6 Å². The molecule has 2 saturated heterocycles. The highest BCUT2D eigenvalue weighted by Crippen LogP contribution is 2.25. The van der Waals surface area contributed by atoms with E-state index in [1.54, 1.807) is 6.20 Å². The molecule has 0 radical (unpaired) electrons. The number of ether oxygens (including phenoxy) is 2. The van der Waals surface area contributed by atoms with E-state index < -0.39 is 6.09 Å². The lowest BCUT2D eigenvalue weighted by Crippen LogP contribution is -2.41. The van der Waals surface area contributed by atoms with Crippen LogP contribution in [0.4, 0.5) is 16.3 Å². The fraction of sp³-hybridized carbons (Fsp3) is 0.682. The topological polar surface area (TPSA) is 84.0 Å². The van der Waals surface area contributed by atoms with Crippen molar-refractivity contribution in [2.24, 2.45) is 5.92 Å². The van der Waals surface area contributed by atoms with Gasteiger partial charge in [-0.15, -0.1) is 0 Å². The molecule has 1 unspecified atom stereocenters. The molecular formula is C22H34N4O4. The Balaban J connectivity index is 1.48. The molecule has 0 saturated carbocycles. The Labute approximate surface area is 178 Å². The largest absolute Gasteiger partial charge is 0.449 e. The fourth-order valence-electron chi connectivity index (χ4n) is 4.17. The Kier molecular flexibility index (Phi) is 8.74. The van der Waals surface area contributed by atoms with Crippen LogP contribution in [-0.4, -0.2) is 67.9 Å². The van der Waals surface area contributed by atoms with Crippen LogP contribution in [-0.2, 0) is 14.3 Å². The first-order valence-corrected chi connectivity index (χ1v) is 11.1. The van der Waals surface area contributed by atoms with Gasteiger partial charge in [0.05, 0.1) is 18.5 Å². The molecule has 8 nitrogen and oxygen atoms in total. The van der Waals surface area contributed by atoms with E-state index in [0.717, 1.165) is 77.2 Å². The smallest absolute Gasteiger partial charge is 0.411 e.